The first-order valence-electron chi connectivity index (χ1n) is 7.95. The number of aromatic amines is 1. The van der Waals surface area contributed by atoms with Crippen LogP contribution in [0.4, 0.5) is 5.82 Å². The zero-order chi connectivity index (χ0) is 14.6. The molecule has 112 valence electrons. The Hall–Kier alpha value is -1.62. The number of hydrogen-bond acceptors (Lipinski definition) is 4. The van der Waals surface area contributed by atoms with Crippen LogP contribution in [0.15, 0.2) is 12.3 Å². The fraction of sp³-hybridized carbons (Fsp3) is 0.625. The summed E-state index contributed by atoms with van der Waals surface area (Å²) in [5.41, 5.74) is 0.925. The van der Waals surface area contributed by atoms with Crippen molar-refractivity contribution >= 4 is 16.9 Å². The maximum absolute atomic E-state index is 10.0. The molecule has 0 radical (unpaired) electrons. The Morgan fingerprint density at radius 2 is 1.95 bits per heavy atom. The van der Waals surface area contributed by atoms with Crippen molar-refractivity contribution in [3.05, 3.63) is 18.1 Å². The first-order chi connectivity index (χ1) is 10.1. The van der Waals surface area contributed by atoms with E-state index in [1.807, 2.05) is 6.20 Å². The maximum Gasteiger partial charge on any atom is 0.143 e. The standard InChI is InChI=1S/C16H22N4O/c1-9(2)14-18-15-13(5-6-17-15)16(19-14)20-10-3-4-11(20)8-12(21)7-10/h5-6,9-12,21H,3-4,7-8H2,1-2H3,(H,17,18,19). The van der Waals surface area contributed by atoms with Crippen molar-refractivity contribution in [2.75, 3.05) is 4.90 Å². The van der Waals surface area contributed by atoms with E-state index in [9.17, 15) is 5.11 Å². The number of piperidine rings is 1. The third-order valence-corrected chi connectivity index (χ3v) is 4.88. The van der Waals surface area contributed by atoms with Crippen molar-refractivity contribution in [1.82, 2.24) is 15.0 Å². The molecule has 0 spiro atoms. The smallest absolute Gasteiger partial charge is 0.143 e. The van der Waals surface area contributed by atoms with Crippen LogP contribution in [-0.2, 0) is 0 Å². The van der Waals surface area contributed by atoms with E-state index in [1.165, 1.54) is 0 Å². The van der Waals surface area contributed by atoms with Gasteiger partial charge in [0.1, 0.15) is 17.3 Å². The van der Waals surface area contributed by atoms with Gasteiger partial charge in [0.25, 0.3) is 0 Å². The van der Waals surface area contributed by atoms with E-state index in [0.717, 1.165) is 48.4 Å². The largest absolute Gasteiger partial charge is 0.393 e. The number of hydrogen-bond donors (Lipinski definition) is 2. The van der Waals surface area contributed by atoms with Crippen LogP contribution in [0.2, 0.25) is 0 Å². The van der Waals surface area contributed by atoms with Gasteiger partial charge >= 0.3 is 0 Å². The zero-order valence-corrected chi connectivity index (χ0v) is 12.6. The summed E-state index contributed by atoms with van der Waals surface area (Å²) in [5.74, 6) is 2.26. The van der Waals surface area contributed by atoms with Crippen molar-refractivity contribution in [2.24, 2.45) is 0 Å². The number of aliphatic hydroxyl groups excluding tert-OH is 1. The first-order valence-corrected chi connectivity index (χ1v) is 7.95. The Labute approximate surface area is 124 Å². The normalized spacial score (nSPS) is 28.8. The van der Waals surface area contributed by atoms with Gasteiger partial charge in [0.05, 0.1) is 11.5 Å². The Morgan fingerprint density at radius 1 is 1.24 bits per heavy atom. The lowest BCUT2D eigenvalue weighted by Gasteiger charge is -2.38. The number of nitrogens with one attached hydrogen (secondary N) is 1. The molecule has 2 atom stereocenters. The zero-order valence-electron chi connectivity index (χ0n) is 12.6. The van der Waals surface area contributed by atoms with Crippen molar-refractivity contribution in [2.45, 2.75) is 63.6 Å². The molecule has 0 aliphatic carbocycles. The van der Waals surface area contributed by atoms with E-state index in [2.05, 4.69) is 34.8 Å². The van der Waals surface area contributed by atoms with Crippen molar-refractivity contribution in [3.63, 3.8) is 0 Å². The highest BCUT2D eigenvalue weighted by molar-refractivity contribution is 5.88. The summed E-state index contributed by atoms with van der Waals surface area (Å²) < 4.78 is 0. The molecule has 2 aliphatic heterocycles. The van der Waals surface area contributed by atoms with E-state index in [4.69, 9.17) is 4.98 Å². The van der Waals surface area contributed by atoms with Crippen LogP contribution in [0.25, 0.3) is 11.0 Å². The Kier molecular flexibility index (Phi) is 2.92. The fourth-order valence-electron chi connectivity index (χ4n) is 3.89. The number of anilines is 1. The molecule has 21 heavy (non-hydrogen) atoms. The van der Waals surface area contributed by atoms with Crippen LogP contribution in [0.3, 0.4) is 0 Å². The number of aliphatic hydroxyl groups is 1. The van der Waals surface area contributed by atoms with Crippen LogP contribution in [0.1, 0.15) is 51.3 Å². The lowest BCUT2D eigenvalue weighted by Crippen LogP contribution is -2.45. The van der Waals surface area contributed by atoms with Gasteiger partial charge in [-0.3, -0.25) is 0 Å². The quantitative estimate of drug-likeness (QED) is 0.890. The van der Waals surface area contributed by atoms with Crippen molar-refractivity contribution < 1.29 is 5.11 Å². The van der Waals surface area contributed by atoms with Gasteiger partial charge in [0.2, 0.25) is 0 Å². The Balaban J connectivity index is 1.84. The van der Waals surface area contributed by atoms with E-state index in [0.29, 0.717) is 18.0 Å². The summed E-state index contributed by atoms with van der Waals surface area (Å²) in [5, 5.41) is 11.1. The molecule has 4 rings (SSSR count). The topological polar surface area (TPSA) is 65.0 Å². The number of H-pyrrole nitrogens is 1. The van der Waals surface area contributed by atoms with Gasteiger partial charge in [0.15, 0.2) is 0 Å². The molecule has 0 aromatic carbocycles. The van der Waals surface area contributed by atoms with Gasteiger partial charge in [-0.1, -0.05) is 13.8 Å². The van der Waals surface area contributed by atoms with E-state index < -0.39 is 0 Å². The molecule has 2 bridgehead atoms. The second kappa shape index (κ2) is 4.70. The molecule has 2 N–H and O–H groups in total. The predicted octanol–water partition coefficient (Wildman–Crippen LogP) is 2.57. The number of aromatic nitrogens is 3. The van der Waals surface area contributed by atoms with Gasteiger partial charge in [-0.25, -0.2) is 9.97 Å². The molecule has 5 nitrogen and oxygen atoms in total. The summed E-state index contributed by atoms with van der Waals surface area (Å²) in [4.78, 5) is 15.2. The molecule has 2 unspecified atom stereocenters. The summed E-state index contributed by atoms with van der Waals surface area (Å²) >= 11 is 0. The molecule has 0 saturated carbocycles. The summed E-state index contributed by atoms with van der Waals surface area (Å²) in [7, 11) is 0. The molecule has 5 heteroatoms. The Morgan fingerprint density at radius 3 is 2.62 bits per heavy atom. The van der Waals surface area contributed by atoms with Gasteiger partial charge in [-0.15, -0.1) is 0 Å². The lowest BCUT2D eigenvalue weighted by atomic mass is 9.99. The van der Waals surface area contributed by atoms with Gasteiger partial charge in [0, 0.05) is 24.2 Å². The van der Waals surface area contributed by atoms with Gasteiger partial charge in [-0.05, 0) is 31.7 Å². The van der Waals surface area contributed by atoms with E-state index in [-0.39, 0.29) is 6.10 Å². The molecule has 2 aliphatic rings. The molecule has 0 amide bonds. The SMILES string of the molecule is CC(C)c1nc(N2C3CCC2CC(O)C3)c2cc[nH]c2n1. The minimum atomic E-state index is -0.146. The highest BCUT2D eigenvalue weighted by Crippen LogP contribution is 2.41. The monoisotopic (exact) mass is 286 g/mol. The minimum Gasteiger partial charge on any atom is -0.393 e. The minimum absolute atomic E-state index is 0.146. The molecular formula is C16H22N4O. The summed E-state index contributed by atoms with van der Waals surface area (Å²) in [6.07, 6.45) is 5.84. The molecule has 4 heterocycles. The average Bonchev–Trinajstić information content (AvgIpc) is 3.01. The lowest BCUT2D eigenvalue weighted by molar-refractivity contribution is 0.126. The molecule has 2 fully saturated rings. The first kappa shape index (κ1) is 13.1. The van der Waals surface area contributed by atoms with E-state index in [1.54, 1.807) is 0 Å². The molecular weight excluding hydrogens is 264 g/mol. The summed E-state index contributed by atoms with van der Waals surface area (Å²) in [6.45, 7) is 4.25. The van der Waals surface area contributed by atoms with Gasteiger partial charge in [-0.2, -0.15) is 0 Å². The van der Waals surface area contributed by atoms with Gasteiger partial charge < -0.3 is 15.0 Å². The fourth-order valence-corrected chi connectivity index (χ4v) is 3.89. The van der Waals surface area contributed by atoms with Crippen LogP contribution < -0.4 is 4.90 Å². The van der Waals surface area contributed by atoms with Crippen molar-refractivity contribution in [1.29, 1.82) is 0 Å². The third-order valence-electron chi connectivity index (χ3n) is 4.88. The highest BCUT2D eigenvalue weighted by atomic mass is 16.3. The van der Waals surface area contributed by atoms with Crippen LogP contribution in [0, 0.1) is 0 Å². The molecule has 2 aromatic heterocycles. The second-order valence-electron chi connectivity index (χ2n) is 6.72. The van der Waals surface area contributed by atoms with Crippen LogP contribution in [0.5, 0.6) is 0 Å². The number of fused-ring (bicyclic) bond motifs is 3. The molecule has 2 saturated heterocycles. The van der Waals surface area contributed by atoms with Crippen LogP contribution >= 0.6 is 0 Å². The molecule has 2 aromatic rings. The number of nitrogens with zero attached hydrogens (tertiary/aromatic N) is 3. The van der Waals surface area contributed by atoms with Crippen molar-refractivity contribution in [3.8, 4) is 0 Å². The summed E-state index contributed by atoms with van der Waals surface area (Å²) in [6, 6.07) is 2.91. The third kappa shape index (κ3) is 2.02. The predicted molar refractivity (Wildman–Crippen MR) is 82.5 cm³/mol. The number of rotatable bonds is 2. The average molecular weight is 286 g/mol. The van der Waals surface area contributed by atoms with Crippen LogP contribution in [-0.4, -0.2) is 38.2 Å². The Bertz CT molecular complexity index is 651. The highest BCUT2D eigenvalue weighted by Gasteiger charge is 2.41. The van der Waals surface area contributed by atoms with E-state index >= 15 is 0 Å². The second-order valence-corrected chi connectivity index (χ2v) is 6.72. The maximum atomic E-state index is 10.0.